The second kappa shape index (κ2) is 8.62. The normalized spacial score (nSPS) is 21.2. The van der Waals surface area contributed by atoms with E-state index in [1.165, 1.54) is 11.0 Å². The summed E-state index contributed by atoms with van der Waals surface area (Å²) in [6.45, 7) is 3.56. The van der Waals surface area contributed by atoms with Crippen LogP contribution < -0.4 is 15.1 Å². The van der Waals surface area contributed by atoms with Crippen LogP contribution in [0.2, 0.25) is 0 Å². The van der Waals surface area contributed by atoms with E-state index in [0.29, 0.717) is 17.8 Å². The van der Waals surface area contributed by atoms with Gasteiger partial charge in [0.2, 0.25) is 5.91 Å². The fourth-order valence-corrected chi connectivity index (χ4v) is 3.99. The van der Waals surface area contributed by atoms with Gasteiger partial charge in [-0.3, -0.25) is 9.69 Å². The highest BCUT2D eigenvalue weighted by atomic mass is 32.2. The van der Waals surface area contributed by atoms with E-state index in [1.807, 2.05) is 11.8 Å². The second-order valence-electron chi connectivity index (χ2n) is 6.35. The van der Waals surface area contributed by atoms with Crippen LogP contribution in [-0.4, -0.2) is 49.4 Å². The Balaban J connectivity index is 1.70. The molecular weight excluding hydrogens is 357 g/mol. The Morgan fingerprint density at radius 2 is 2.08 bits per heavy atom. The Morgan fingerprint density at radius 1 is 1.35 bits per heavy atom. The van der Waals surface area contributed by atoms with Crippen molar-refractivity contribution in [3.8, 4) is 0 Å². The van der Waals surface area contributed by atoms with Crippen LogP contribution >= 0.6 is 11.8 Å². The third-order valence-electron chi connectivity index (χ3n) is 4.47. The molecule has 26 heavy (non-hydrogen) atoms. The van der Waals surface area contributed by atoms with Gasteiger partial charge >= 0.3 is 6.09 Å². The monoisotopic (exact) mass is 381 g/mol. The molecule has 6 nitrogen and oxygen atoms in total. The van der Waals surface area contributed by atoms with Crippen LogP contribution in [0.5, 0.6) is 0 Å². The third kappa shape index (κ3) is 4.41. The summed E-state index contributed by atoms with van der Waals surface area (Å²) in [5, 5.41) is 2.62. The maximum Gasteiger partial charge on any atom is 0.416 e. The number of carbonyl (C=O) groups excluding carboxylic acids is 2. The molecule has 0 bridgehead atoms. The molecule has 0 aliphatic carbocycles. The summed E-state index contributed by atoms with van der Waals surface area (Å²) in [6, 6.07) is 4.83. The maximum atomic E-state index is 14.7. The number of nitrogens with zero attached hydrogens (tertiary/aromatic N) is 2. The van der Waals surface area contributed by atoms with Crippen molar-refractivity contribution in [2.75, 3.05) is 40.9 Å². The summed E-state index contributed by atoms with van der Waals surface area (Å²) in [5.41, 5.74) is 1.01. The van der Waals surface area contributed by atoms with E-state index < -0.39 is 12.3 Å². The van der Waals surface area contributed by atoms with Gasteiger partial charge in [-0.05, 0) is 42.5 Å². The lowest BCUT2D eigenvalue weighted by Crippen LogP contribution is -2.37. The molecule has 142 valence electrons. The summed E-state index contributed by atoms with van der Waals surface area (Å²) in [7, 11) is 0. The van der Waals surface area contributed by atoms with Gasteiger partial charge in [0.1, 0.15) is 5.82 Å². The fraction of sp³-hybridized carbons (Fsp3) is 0.556. The van der Waals surface area contributed by atoms with Gasteiger partial charge in [0, 0.05) is 19.5 Å². The van der Waals surface area contributed by atoms with E-state index in [-0.39, 0.29) is 18.3 Å². The Morgan fingerprint density at radius 3 is 2.73 bits per heavy atom. The summed E-state index contributed by atoms with van der Waals surface area (Å²) in [6.07, 6.45) is 1.09. The van der Waals surface area contributed by atoms with Crippen LogP contribution in [0.3, 0.4) is 0 Å². The van der Waals surface area contributed by atoms with Crippen molar-refractivity contribution in [2.45, 2.75) is 32.4 Å². The van der Waals surface area contributed by atoms with Crippen molar-refractivity contribution in [2.24, 2.45) is 0 Å². The molecule has 2 saturated heterocycles. The molecule has 2 aliphatic rings. The number of benzene rings is 1. The standard InChI is InChI=1S/C18H24FN3O3S/c1-2-16(23)20-17-12-22(18(24)25-17)13-5-6-15(14(19)11-13)21-7-3-9-26-10-4-8-21/h5-6,11,17H,2-4,7-10,12H2,1H3,(H,20,23)/t17-/m1/s1. The van der Waals surface area contributed by atoms with Gasteiger partial charge in [-0.1, -0.05) is 6.92 Å². The quantitative estimate of drug-likeness (QED) is 0.869. The van der Waals surface area contributed by atoms with Crippen LogP contribution in [0, 0.1) is 5.82 Å². The highest BCUT2D eigenvalue weighted by Crippen LogP contribution is 2.28. The lowest BCUT2D eigenvalue weighted by atomic mass is 10.2. The smallest absolute Gasteiger partial charge is 0.416 e. The molecular formula is C18H24FN3O3S. The zero-order valence-corrected chi connectivity index (χ0v) is 15.7. The molecule has 3 rings (SSSR count). The van der Waals surface area contributed by atoms with Crippen molar-refractivity contribution < 1.29 is 18.7 Å². The SMILES string of the molecule is CCC(=O)N[C@H]1CN(c2ccc(N3CCCSCCC3)c(F)c2)C(=O)O1. The van der Waals surface area contributed by atoms with Crippen molar-refractivity contribution >= 4 is 35.1 Å². The first-order valence-corrected chi connectivity index (χ1v) is 10.1. The van der Waals surface area contributed by atoms with Crippen molar-refractivity contribution in [3.63, 3.8) is 0 Å². The summed E-state index contributed by atoms with van der Waals surface area (Å²) in [4.78, 5) is 26.9. The van der Waals surface area contributed by atoms with Crippen molar-refractivity contribution in [1.29, 1.82) is 0 Å². The molecule has 8 heteroatoms. The third-order valence-corrected chi connectivity index (χ3v) is 5.63. The minimum Gasteiger partial charge on any atom is -0.423 e. The van der Waals surface area contributed by atoms with Crippen molar-refractivity contribution in [1.82, 2.24) is 5.32 Å². The molecule has 2 fully saturated rings. The zero-order chi connectivity index (χ0) is 18.5. The molecule has 1 aromatic carbocycles. The molecule has 1 N–H and O–H groups in total. The van der Waals surface area contributed by atoms with Gasteiger partial charge < -0.3 is 15.0 Å². The van der Waals surface area contributed by atoms with Gasteiger partial charge in [0.25, 0.3) is 0 Å². The summed E-state index contributed by atoms with van der Waals surface area (Å²) >= 11 is 1.95. The molecule has 1 atom stereocenters. The zero-order valence-electron chi connectivity index (χ0n) is 14.9. The molecule has 2 heterocycles. The minimum atomic E-state index is -0.704. The van der Waals surface area contributed by atoms with Gasteiger partial charge in [-0.15, -0.1) is 0 Å². The first-order valence-electron chi connectivity index (χ1n) is 8.98. The maximum absolute atomic E-state index is 14.7. The van der Waals surface area contributed by atoms with E-state index >= 15 is 0 Å². The van der Waals surface area contributed by atoms with Crippen LogP contribution in [0.25, 0.3) is 0 Å². The Labute approximate surface area is 157 Å². The molecule has 2 aliphatic heterocycles. The topological polar surface area (TPSA) is 61.9 Å². The predicted molar refractivity (Wildman–Crippen MR) is 101 cm³/mol. The van der Waals surface area contributed by atoms with Gasteiger partial charge in [-0.25, -0.2) is 9.18 Å². The highest BCUT2D eigenvalue weighted by molar-refractivity contribution is 7.99. The van der Waals surface area contributed by atoms with E-state index in [9.17, 15) is 14.0 Å². The highest BCUT2D eigenvalue weighted by Gasteiger charge is 2.33. The average Bonchev–Trinajstić information content (AvgIpc) is 2.95. The molecule has 0 saturated carbocycles. The molecule has 0 radical (unpaired) electrons. The number of halogens is 1. The Bertz CT molecular complexity index is 665. The van der Waals surface area contributed by atoms with Crippen LogP contribution in [0.15, 0.2) is 18.2 Å². The molecule has 0 unspecified atom stereocenters. The van der Waals surface area contributed by atoms with Crippen LogP contribution in [-0.2, 0) is 9.53 Å². The summed E-state index contributed by atoms with van der Waals surface area (Å²) < 4.78 is 19.9. The number of nitrogens with one attached hydrogen (secondary N) is 1. The number of anilines is 2. The van der Waals surface area contributed by atoms with Crippen LogP contribution in [0.1, 0.15) is 26.2 Å². The number of carbonyl (C=O) groups is 2. The number of hydrogen-bond donors (Lipinski definition) is 1. The number of cyclic esters (lactones) is 1. The number of hydrogen-bond acceptors (Lipinski definition) is 5. The first kappa shape index (κ1) is 18.8. The van der Waals surface area contributed by atoms with E-state index in [2.05, 4.69) is 10.2 Å². The lowest BCUT2D eigenvalue weighted by Gasteiger charge is -2.27. The largest absolute Gasteiger partial charge is 0.423 e. The van der Waals surface area contributed by atoms with Gasteiger partial charge in [0.15, 0.2) is 6.23 Å². The number of thioether (sulfide) groups is 1. The molecule has 2 amide bonds. The second-order valence-corrected chi connectivity index (χ2v) is 7.57. The molecule has 0 spiro atoms. The van der Waals surface area contributed by atoms with Crippen molar-refractivity contribution in [3.05, 3.63) is 24.0 Å². The lowest BCUT2D eigenvalue weighted by molar-refractivity contribution is -0.123. The predicted octanol–water partition coefficient (Wildman–Crippen LogP) is 2.97. The molecule has 1 aromatic rings. The Hall–Kier alpha value is -1.96. The number of amides is 2. The fourth-order valence-electron chi connectivity index (χ4n) is 3.12. The summed E-state index contributed by atoms with van der Waals surface area (Å²) in [5.74, 6) is 1.66. The van der Waals surface area contributed by atoms with Gasteiger partial charge in [-0.2, -0.15) is 11.8 Å². The molecule has 0 aromatic heterocycles. The Kier molecular flexibility index (Phi) is 6.24. The van der Waals surface area contributed by atoms with E-state index in [0.717, 1.165) is 37.4 Å². The minimum absolute atomic E-state index is 0.171. The average molecular weight is 381 g/mol. The number of ether oxygens (including phenoxy) is 1. The van der Waals surface area contributed by atoms with E-state index in [1.54, 1.807) is 19.1 Å². The number of rotatable bonds is 4. The van der Waals surface area contributed by atoms with Gasteiger partial charge in [0.05, 0.1) is 17.9 Å². The van der Waals surface area contributed by atoms with E-state index in [4.69, 9.17) is 4.74 Å². The van der Waals surface area contributed by atoms with Crippen LogP contribution in [0.4, 0.5) is 20.6 Å². The first-order chi connectivity index (χ1) is 12.6.